The second kappa shape index (κ2) is 6.99. The summed E-state index contributed by atoms with van der Waals surface area (Å²) in [6.45, 7) is 10.5. The molecule has 0 aromatic heterocycles. The van der Waals surface area contributed by atoms with Crippen LogP contribution in [0.1, 0.15) is 79.6 Å². The minimum absolute atomic E-state index is 0.0244. The Morgan fingerprint density at radius 1 is 1.10 bits per heavy atom. The van der Waals surface area contributed by atoms with Crippen LogP contribution in [0.4, 0.5) is 0 Å². The molecule has 29 heavy (non-hydrogen) atoms. The fourth-order valence-electron chi connectivity index (χ4n) is 7.66. The first-order valence-electron chi connectivity index (χ1n) is 11.4. The molecular formula is C25H36O4. The van der Waals surface area contributed by atoms with Gasteiger partial charge in [-0.2, -0.15) is 0 Å². The van der Waals surface area contributed by atoms with Gasteiger partial charge in [-0.15, -0.1) is 0 Å². The van der Waals surface area contributed by atoms with Gasteiger partial charge < -0.3 is 9.47 Å². The number of fused-ring (bicyclic) bond motifs is 5. The maximum atomic E-state index is 12.8. The maximum Gasteiger partial charge on any atom is 0.303 e. The number of ketones is 1. The molecule has 4 heteroatoms. The molecule has 160 valence electrons. The van der Waals surface area contributed by atoms with Crippen molar-refractivity contribution in [2.75, 3.05) is 6.61 Å². The van der Waals surface area contributed by atoms with Crippen LogP contribution in [0.5, 0.6) is 0 Å². The van der Waals surface area contributed by atoms with Crippen molar-refractivity contribution < 1.29 is 19.1 Å². The average molecular weight is 401 g/mol. The van der Waals surface area contributed by atoms with Gasteiger partial charge in [0.25, 0.3) is 0 Å². The molecule has 0 unspecified atom stereocenters. The lowest BCUT2D eigenvalue weighted by Gasteiger charge is -2.58. The van der Waals surface area contributed by atoms with Crippen molar-refractivity contribution in [3.63, 3.8) is 0 Å². The fourth-order valence-corrected chi connectivity index (χ4v) is 7.66. The second-order valence-electron chi connectivity index (χ2n) is 10.2. The normalized spacial score (nSPS) is 43.3. The zero-order valence-electron chi connectivity index (χ0n) is 18.7. The molecule has 4 aliphatic rings. The first-order valence-corrected chi connectivity index (χ1v) is 11.4. The molecule has 0 saturated heterocycles. The van der Waals surface area contributed by atoms with Gasteiger partial charge in [0.2, 0.25) is 0 Å². The lowest BCUT2D eigenvalue weighted by atomic mass is 9.47. The maximum absolute atomic E-state index is 12.8. The predicted octanol–water partition coefficient (Wildman–Crippen LogP) is 5.37. The van der Waals surface area contributed by atoms with Crippen molar-refractivity contribution in [2.45, 2.75) is 85.2 Å². The van der Waals surface area contributed by atoms with Gasteiger partial charge in [-0.3, -0.25) is 9.59 Å². The van der Waals surface area contributed by atoms with Gasteiger partial charge >= 0.3 is 5.97 Å². The van der Waals surface area contributed by atoms with E-state index in [4.69, 9.17) is 9.47 Å². The quantitative estimate of drug-likeness (QED) is 0.595. The lowest BCUT2D eigenvalue weighted by molar-refractivity contribution is -0.186. The number of carbonyl (C=O) groups is 2. The van der Waals surface area contributed by atoms with Crippen molar-refractivity contribution in [1.82, 2.24) is 0 Å². The molecule has 4 aliphatic carbocycles. The van der Waals surface area contributed by atoms with E-state index in [-0.39, 0.29) is 22.6 Å². The number of rotatable bonds is 4. The van der Waals surface area contributed by atoms with E-state index in [0.717, 1.165) is 50.9 Å². The third kappa shape index (κ3) is 2.84. The van der Waals surface area contributed by atoms with Crippen LogP contribution >= 0.6 is 0 Å². The third-order valence-electron chi connectivity index (χ3n) is 9.07. The van der Waals surface area contributed by atoms with Gasteiger partial charge in [-0.25, -0.2) is 0 Å². The molecule has 2 fully saturated rings. The van der Waals surface area contributed by atoms with E-state index in [0.29, 0.717) is 24.2 Å². The van der Waals surface area contributed by atoms with Crippen LogP contribution in [-0.4, -0.2) is 24.0 Å². The number of hydrogen-bond donors (Lipinski definition) is 0. The molecule has 0 bridgehead atoms. The highest BCUT2D eigenvalue weighted by Gasteiger charge is 2.67. The first-order chi connectivity index (χ1) is 13.7. The summed E-state index contributed by atoms with van der Waals surface area (Å²) >= 11 is 0. The Balaban J connectivity index is 1.68. The van der Waals surface area contributed by atoms with Gasteiger partial charge in [0.15, 0.2) is 11.4 Å². The topological polar surface area (TPSA) is 52.6 Å². The Kier molecular flexibility index (Phi) is 4.99. The molecule has 0 N–H and O–H groups in total. The third-order valence-corrected chi connectivity index (χ3v) is 9.07. The average Bonchev–Trinajstić information content (AvgIpc) is 2.95. The smallest absolute Gasteiger partial charge is 0.303 e. The molecule has 0 aromatic carbocycles. The van der Waals surface area contributed by atoms with Crippen LogP contribution in [0.3, 0.4) is 0 Å². The number of Topliss-reactive ketones (excluding diaryl/α,β-unsaturated/α-hetero) is 1. The lowest BCUT2D eigenvalue weighted by Crippen LogP contribution is -2.58. The minimum Gasteiger partial charge on any atom is -0.498 e. The standard InChI is InChI=1S/C25H36O4/c1-6-28-19-9-12-23(4)18(15-19)7-8-20-21(23)10-13-24(5)22(20)11-14-25(24,16(2)26)29-17(3)27/h7,15,20-22H,6,8-14H2,1-5H3/t20-,21+,22+,23-,24-,25+/m1/s1. The van der Waals surface area contributed by atoms with Crippen molar-refractivity contribution in [3.05, 3.63) is 23.5 Å². The Morgan fingerprint density at radius 2 is 1.83 bits per heavy atom. The van der Waals surface area contributed by atoms with Crippen molar-refractivity contribution in [1.29, 1.82) is 0 Å². The summed E-state index contributed by atoms with van der Waals surface area (Å²) in [6, 6.07) is 0. The minimum atomic E-state index is -0.937. The number of allylic oxidation sites excluding steroid dienone is 4. The number of carbonyl (C=O) groups excluding carboxylic acids is 2. The van der Waals surface area contributed by atoms with E-state index < -0.39 is 5.60 Å². The molecule has 4 nitrogen and oxygen atoms in total. The van der Waals surface area contributed by atoms with Crippen LogP contribution in [0, 0.1) is 28.6 Å². The highest BCUT2D eigenvalue weighted by molar-refractivity contribution is 5.89. The Hall–Kier alpha value is -1.58. The van der Waals surface area contributed by atoms with E-state index >= 15 is 0 Å². The Bertz CT molecular complexity index is 780. The molecule has 0 aromatic rings. The first kappa shape index (κ1) is 20.7. The van der Waals surface area contributed by atoms with E-state index in [1.807, 2.05) is 6.92 Å². The molecule has 0 amide bonds. The zero-order chi connectivity index (χ0) is 21.0. The Morgan fingerprint density at radius 3 is 2.48 bits per heavy atom. The summed E-state index contributed by atoms with van der Waals surface area (Å²) in [7, 11) is 0. The second-order valence-corrected chi connectivity index (χ2v) is 10.2. The van der Waals surface area contributed by atoms with Crippen LogP contribution < -0.4 is 0 Å². The summed E-state index contributed by atoms with van der Waals surface area (Å²) in [5.41, 5.74) is 0.448. The highest BCUT2D eigenvalue weighted by Crippen LogP contribution is 2.67. The molecule has 0 radical (unpaired) electrons. The van der Waals surface area contributed by atoms with Crippen LogP contribution in [0.15, 0.2) is 23.5 Å². The monoisotopic (exact) mass is 400 g/mol. The van der Waals surface area contributed by atoms with E-state index in [1.54, 1.807) is 6.92 Å². The zero-order valence-corrected chi connectivity index (χ0v) is 18.7. The largest absolute Gasteiger partial charge is 0.498 e. The Labute approximate surface area is 175 Å². The van der Waals surface area contributed by atoms with E-state index in [1.165, 1.54) is 12.5 Å². The molecule has 0 aliphatic heterocycles. The summed E-state index contributed by atoms with van der Waals surface area (Å²) in [5.74, 6) is 2.43. The molecule has 2 saturated carbocycles. The molecular weight excluding hydrogens is 364 g/mol. The van der Waals surface area contributed by atoms with Crippen LogP contribution in [-0.2, 0) is 19.1 Å². The number of esters is 1. The summed E-state index contributed by atoms with van der Waals surface area (Å²) in [5, 5.41) is 0. The van der Waals surface area contributed by atoms with Gasteiger partial charge in [0.05, 0.1) is 12.4 Å². The molecule has 6 atom stereocenters. The predicted molar refractivity (Wildman–Crippen MR) is 112 cm³/mol. The molecule has 0 heterocycles. The SMILES string of the molecule is CCOC1=CC2=CC[C@@H]3[C@H](CC[C@]4(C)[C@H]3CC[C@]4(OC(C)=O)C(C)=O)[C@]2(C)CC1. The number of hydrogen-bond acceptors (Lipinski definition) is 4. The van der Waals surface area contributed by atoms with Crippen molar-refractivity contribution in [2.24, 2.45) is 28.6 Å². The molecule has 4 rings (SSSR count). The fraction of sp³-hybridized carbons (Fsp3) is 0.760. The van der Waals surface area contributed by atoms with Gasteiger partial charge in [0.1, 0.15) is 0 Å². The highest BCUT2D eigenvalue weighted by atomic mass is 16.6. The molecule has 0 spiro atoms. The van der Waals surface area contributed by atoms with Crippen molar-refractivity contribution >= 4 is 11.8 Å². The van der Waals surface area contributed by atoms with Gasteiger partial charge in [0, 0.05) is 18.8 Å². The summed E-state index contributed by atoms with van der Waals surface area (Å²) in [6.07, 6.45) is 11.6. The summed E-state index contributed by atoms with van der Waals surface area (Å²) in [4.78, 5) is 24.7. The van der Waals surface area contributed by atoms with E-state index in [9.17, 15) is 9.59 Å². The van der Waals surface area contributed by atoms with Crippen LogP contribution in [0.2, 0.25) is 0 Å². The van der Waals surface area contributed by atoms with Crippen LogP contribution in [0.25, 0.3) is 0 Å². The van der Waals surface area contributed by atoms with Gasteiger partial charge in [-0.1, -0.05) is 19.9 Å². The summed E-state index contributed by atoms with van der Waals surface area (Å²) < 4.78 is 11.7. The van der Waals surface area contributed by atoms with Gasteiger partial charge in [-0.05, 0) is 87.2 Å². The van der Waals surface area contributed by atoms with Crippen molar-refractivity contribution in [3.8, 4) is 0 Å². The number of ether oxygens (including phenoxy) is 2. The van der Waals surface area contributed by atoms with E-state index in [2.05, 4.69) is 26.0 Å².